The van der Waals surface area contributed by atoms with Crippen LogP contribution in [0.25, 0.3) is 0 Å². The average Bonchev–Trinajstić information content (AvgIpc) is 2.00. The van der Waals surface area contributed by atoms with Crippen LogP contribution >= 0.6 is 0 Å². The van der Waals surface area contributed by atoms with Crippen molar-refractivity contribution in [2.75, 3.05) is 0 Å². The lowest BCUT2D eigenvalue weighted by Crippen LogP contribution is -1.92. The first-order valence-corrected chi connectivity index (χ1v) is 4.26. The van der Waals surface area contributed by atoms with Crippen LogP contribution in [0.15, 0.2) is 11.8 Å². The second-order valence-corrected chi connectivity index (χ2v) is 2.73. The summed E-state index contributed by atoms with van der Waals surface area (Å²) in [6, 6.07) is 0. The maximum Gasteiger partial charge on any atom is 0.303 e. The maximum atomic E-state index is 10.1. The van der Waals surface area contributed by atoms with Crippen molar-refractivity contribution in [1.82, 2.24) is 0 Å². The third kappa shape index (κ3) is 7.12. The molecule has 0 aromatic heterocycles. The van der Waals surface area contributed by atoms with Crippen molar-refractivity contribution in [2.45, 2.75) is 39.0 Å². The van der Waals surface area contributed by atoms with Crippen LogP contribution in [0.1, 0.15) is 39.0 Å². The number of hydrogen-bond acceptors (Lipinski definition) is 2. The minimum absolute atomic E-state index is 0.0934. The number of aliphatic hydroxyl groups is 1. The Kier molecular flexibility index (Phi) is 6.15. The summed E-state index contributed by atoms with van der Waals surface area (Å²) in [4.78, 5) is 10.1. The Labute approximate surface area is 72.7 Å². The van der Waals surface area contributed by atoms with Gasteiger partial charge in [-0.3, -0.25) is 4.79 Å². The Morgan fingerprint density at radius 1 is 1.33 bits per heavy atom. The van der Waals surface area contributed by atoms with Crippen LogP contribution < -0.4 is 0 Å². The van der Waals surface area contributed by atoms with Crippen LogP contribution in [0.2, 0.25) is 0 Å². The molecule has 3 heteroatoms. The molecule has 12 heavy (non-hydrogen) atoms. The summed E-state index contributed by atoms with van der Waals surface area (Å²) in [7, 11) is 0. The molecule has 0 fully saturated rings. The highest BCUT2D eigenvalue weighted by Crippen LogP contribution is 2.05. The van der Waals surface area contributed by atoms with Gasteiger partial charge in [0, 0.05) is 12.8 Å². The number of allylic oxidation sites excluding steroid dienone is 2. The first-order chi connectivity index (χ1) is 5.66. The fourth-order valence-electron chi connectivity index (χ4n) is 0.822. The van der Waals surface area contributed by atoms with E-state index in [1.165, 1.54) is 0 Å². The standard InChI is InChI=1S/C9H16O3/c1-2-3-5-8(10)6-4-7-9(11)12/h6,10H,2-5,7H2,1H3,(H,11,12). The van der Waals surface area contributed by atoms with Gasteiger partial charge >= 0.3 is 5.97 Å². The van der Waals surface area contributed by atoms with Crippen molar-refractivity contribution in [1.29, 1.82) is 0 Å². The summed E-state index contributed by atoms with van der Waals surface area (Å²) >= 11 is 0. The van der Waals surface area contributed by atoms with Gasteiger partial charge in [-0.15, -0.1) is 0 Å². The molecule has 0 spiro atoms. The molecule has 3 nitrogen and oxygen atoms in total. The second kappa shape index (κ2) is 6.70. The van der Waals surface area contributed by atoms with Crippen LogP contribution in [0.3, 0.4) is 0 Å². The van der Waals surface area contributed by atoms with Crippen LogP contribution in [-0.4, -0.2) is 16.2 Å². The maximum absolute atomic E-state index is 10.1. The van der Waals surface area contributed by atoms with Gasteiger partial charge in [-0.25, -0.2) is 0 Å². The van der Waals surface area contributed by atoms with Crippen molar-refractivity contribution < 1.29 is 15.0 Å². The van der Waals surface area contributed by atoms with E-state index in [4.69, 9.17) is 10.2 Å². The fraction of sp³-hybridized carbons (Fsp3) is 0.667. The van der Waals surface area contributed by atoms with Gasteiger partial charge in [0.25, 0.3) is 0 Å². The van der Waals surface area contributed by atoms with Gasteiger partial charge in [0.05, 0.1) is 5.76 Å². The summed E-state index contributed by atoms with van der Waals surface area (Å²) in [6.07, 6.45) is 4.76. The third-order valence-electron chi connectivity index (χ3n) is 1.52. The summed E-state index contributed by atoms with van der Waals surface area (Å²) in [5.74, 6) is -0.507. The van der Waals surface area contributed by atoms with Crippen molar-refractivity contribution in [3.8, 4) is 0 Å². The molecule has 0 unspecified atom stereocenters. The number of carbonyl (C=O) groups is 1. The molecule has 0 radical (unpaired) electrons. The molecule has 0 aliphatic rings. The van der Waals surface area contributed by atoms with E-state index >= 15 is 0 Å². The highest BCUT2D eigenvalue weighted by molar-refractivity contribution is 5.66. The third-order valence-corrected chi connectivity index (χ3v) is 1.52. The topological polar surface area (TPSA) is 57.5 Å². The predicted molar refractivity (Wildman–Crippen MR) is 47.1 cm³/mol. The summed E-state index contributed by atoms with van der Waals surface area (Å²) < 4.78 is 0. The van der Waals surface area contributed by atoms with Crippen molar-refractivity contribution in [3.05, 3.63) is 11.8 Å². The minimum atomic E-state index is -0.824. The Hall–Kier alpha value is -0.990. The van der Waals surface area contributed by atoms with E-state index in [1.807, 2.05) is 6.92 Å². The molecule has 0 aromatic rings. The zero-order valence-corrected chi connectivity index (χ0v) is 7.42. The van der Waals surface area contributed by atoms with E-state index in [1.54, 1.807) is 6.08 Å². The van der Waals surface area contributed by atoms with E-state index in [0.717, 1.165) is 12.8 Å². The number of carboxylic acids is 1. The minimum Gasteiger partial charge on any atom is -0.513 e. The van der Waals surface area contributed by atoms with Gasteiger partial charge < -0.3 is 10.2 Å². The molecule has 0 aliphatic heterocycles. The number of rotatable bonds is 6. The molecule has 2 N–H and O–H groups in total. The molecule has 0 rings (SSSR count). The van der Waals surface area contributed by atoms with Crippen LogP contribution in [0.4, 0.5) is 0 Å². The van der Waals surface area contributed by atoms with Crippen LogP contribution in [0.5, 0.6) is 0 Å². The predicted octanol–water partition coefficient (Wildman–Crippen LogP) is 2.48. The molecule has 0 atom stereocenters. The van der Waals surface area contributed by atoms with Gasteiger partial charge in [-0.05, 0) is 18.9 Å². The fourth-order valence-corrected chi connectivity index (χ4v) is 0.822. The molecular weight excluding hydrogens is 156 g/mol. The Balaban J connectivity index is 3.47. The smallest absolute Gasteiger partial charge is 0.303 e. The number of aliphatic hydroxyl groups excluding tert-OH is 1. The first-order valence-electron chi connectivity index (χ1n) is 4.26. The number of unbranched alkanes of at least 4 members (excludes halogenated alkanes) is 1. The van der Waals surface area contributed by atoms with Crippen LogP contribution in [-0.2, 0) is 4.79 Å². The Bertz CT molecular complexity index is 161. The molecule has 70 valence electrons. The largest absolute Gasteiger partial charge is 0.513 e. The van der Waals surface area contributed by atoms with E-state index in [9.17, 15) is 4.79 Å². The number of carboxylic acid groups (broad SMARTS) is 1. The van der Waals surface area contributed by atoms with Gasteiger partial charge in [0.2, 0.25) is 0 Å². The lowest BCUT2D eigenvalue weighted by molar-refractivity contribution is -0.136. The molecule has 0 aromatic carbocycles. The molecule has 0 saturated carbocycles. The lowest BCUT2D eigenvalue weighted by atomic mass is 10.2. The molecule has 0 amide bonds. The summed E-state index contributed by atoms with van der Waals surface area (Å²) in [5.41, 5.74) is 0. The highest BCUT2D eigenvalue weighted by Gasteiger charge is 1.95. The molecule has 0 saturated heterocycles. The molecule has 0 heterocycles. The number of aliphatic carboxylic acids is 1. The van der Waals surface area contributed by atoms with Gasteiger partial charge in [0.15, 0.2) is 0 Å². The lowest BCUT2D eigenvalue weighted by Gasteiger charge is -1.96. The van der Waals surface area contributed by atoms with Crippen molar-refractivity contribution in [2.24, 2.45) is 0 Å². The molecule has 0 aliphatic carbocycles. The Morgan fingerprint density at radius 3 is 2.50 bits per heavy atom. The molecular formula is C9H16O3. The zero-order valence-electron chi connectivity index (χ0n) is 7.42. The summed E-state index contributed by atoms with van der Waals surface area (Å²) in [6.45, 7) is 2.05. The average molecular weight is 172 g/mol. The monoisotopic (exact) mass is 172 g/mol. The van der Waals surface area contributed by atoms with E-state index in [2.05, 4.69) is 0 Å². The van der Waals surface area contributed by atoms with E-state index in [-0.39, 0.29) is 6.42 Å². The number of hydrogen-bond donors (Lipinski definition) is 2. The first kappa shape index (κ1) is 11.0. The van der Waals surface area contributed by atoms with E-state index < -0.39 is 5.97 Å². The van der Waals surface area contributed by atoms with Crippen molar-refractivity contribution >= 4 is 5.97 Å². The summed E-state index contributed by atoms with van der Waals surface area (Å²) in [5, 5.41) is 17.5. The quantitative estimate of drug-likeness (QED) is 0.605. The van der Waals surface area contributed by atoms with Crippen molar-refractivity contribution in [3.63, 3.8) is 0 Å². The Morgan fingerprint density at radius 2 is 2.00 bits per heavy atom. The van der Waals surface area contributed by atoms with Gasteiger partial charge in [-0.1, -0.05) is 13.3 Å². The van der Waals surface area contributed by atoms with Gasteiger partial charge in [0.1, 0.15) is 0 Å². The highest BCUT2D eigenvalue weighted by atomic mass is 16.4. The van der Waals surface area contributed by atoms with Gasteiger partial charge in [-0.2, -0.15) is 0 Å². The SMILES string of the molecule is CCCCC(O)=CCCC(=O)O. The normalized spacial score (nSPS) is 11.6. The van der Waals surface area contributed by atoms with Crippen LogP contribution in [0, 0.1) is 0 Å². The molecule has 0 bridgehead atoms. The zero-order chi connectivity index (χ0) is 9.40. The van der Waals surface area contributed by atoms with E-state index in [0.29, 0.717) is 18.6 Å². The second-order valence-electron chi connectivity index (χ2n) is 2.73.